The summed E-state index contributed by atoms with van der Waals surface area (Å²) in [5.41, 5.74) is 6.64. The minimum Gasteiger partial charge on any atom is -0.353 e. The van der Waals surface area contributed by atoms with E-state index in [0.29, 0.717) is 0 Å². The predicted octanol–water partition coefficient (Wildman–Crippen LogP) is 6.47. The summed E-state index contributed by atoms with van der Waals surface area (Å²) in [4.78, 5) is 4.86. The Hall–Kier alpha value is -1.77. The van der Waals surface area contributed by atoms with E-state index in [2.05, 4.69) is 11.4 Å². The van der Waals surface area contributed by atoms with Gasteiger partial charge in [0.1, 0.15) is 0 Å². The number of nitrogens with zero attached hydrogens (tertiary/aromatic N) is 1. The van der Waals surface area contributed by atoms with E-state index in [4.69, 9.17) is 28.2 Å². The summed E-state index contributed by atoms with van der Waals surface area (Å²) >= 11 is 12.7. The van der Waals surface area contributed by atoms with Crippen LogP contribution in [0.3, 0.4) is 0 Å². The van der Waals surface area contributed by atoms with Crippen LogP contribution in [0.4, 0.5) is 11.4 Å². The fraction of sp³-hybridized carbons (Fsp3) is 0.250. The van der Waals surface area contributed by atoms with Crippen molar-refractivity contribution in [1.29, 1.82) is 0 Å². The second kappa shape index (κ2) is 6.27. The highest BCUT2D eigenvalue weighted by atomic mass is 35.5. The van der Waals surface area contributed by atoms with Gasteiger partial charge < -0.3 is 5.32 Å². The Balaban J connectivity index is 1.92. The van der Waals surface area contributed by atoms with Gasteiger partial charge >= 0.3 is 0 Å². The van der Waals surface area contributed by atoms with Gasteiger partial charge in [-0.15, -0.1) is 0 Å². The van der Waals surface area contributed by atoms with E-state index in [1.165, 1.54) is 24.1 Å². The molecule has 24 heavy (non-hydrogen) atoms. The van der Waals surface area contributed by atoms with E-state index in [0.717, 1.165) is 50.7 Å². The zero-order valence-electron chi connectivity index (χ0n) is 13.5. The number of hydrogen-bond donors (Lipinski definition) is 1. The molecular formula is C20H18Cl2N2. The molecule has 2 nitrogen and oxygen atoms in total. The molecule has 0 saturated carbocycles. The summed E-state index contributed by atoms with van der Waals surface area (Å²) in [6.07, 6.45) is 4.46. The molecule has 1 heterocycles. The number of anilines is 2. The molecular weight excluding hydrogens is 339 g/mol. The third kappa shape index (κ3) is 2.85. The number of benzene rings is 2. The van der Waals surface area contributed by atoms with Gasteiger partial charge in [0.15, 0.2) is 0 Å². The molecule has 1 aliphatic carbocycles. The standard InChI is InChI=1S/C20H18Cl2N2/c1-12-6-8-19(16(22)10-12)24-20-14-4-2-3-5-17(14)23-18-9-7-13(21)11-15(18)20/h6-11H,2-5H2,1H3,(H,23,24). The first kappa shape index (κ1) is 15.7. The van der Waals surface area contributed by atoms with Crippen LogP contribution in [0.1, 0.15) is 29.7 Å². The Bertz CT molecular complexity index is 935. The van der Waals surface area contributed by atoms with Crippen LogP contribution in [0.5, 0.6) is 0 Å². The Morgan fingerprint density at radius 3 is 2.67 bits per heavy atom. The zero-order chi connectivity index (χ0) is 16.7. The lowest BCUT2D eigenvalue weighted by atomic mass is 9.92. The van der Waals surface area contributed by atoms with Gasteiger partial charge in [-0.05, 0) is 74.1 Å². The third-order valence-corrected chi connectivity index (χ3v) is 5.16. The number of halogens is 2. The van der Waals surface area contributed by atoms with Gasteiger partial charge in [0, 0.05) is 16.1 Å². The van der Waals surface area contributed by atoms with Crippen molar-refractivity contribution < 1.29 is 0 Å². The molecule has 3 aromatic rings. The molecule has 0 radical (unpaired) electrons. The largest absolute Gasteiger partial charge is 0.353 e. The molecule has 2 aromatic carbocycles. The molecule has 1 N–H and O–H groups in total. The van der Waals surface area contributed by atoms with Gasteiger partial charge in [-0.25, -0.2) is 0 Å². The van der Waals surface area contributed by atoms with E-state index < -0.39 is 0 Å². The number of fused-ring (bicyclic) bond motifs is 2. The number of aromatic nitrogens is 1. The van der Waals surface area contributed by atoms with Crippen molar-refractivity contribution in [3.63, 3.8) is 0 Å². The Labute approximate surface area is 151 Å². The SMILES string of the molecule is Cc1ccc(Nc2c3c(nc4ccc(Cl)cc24)CCCC3)c(Cl)c1. The van der Waals surface area contributed by atoms with Crippen LogP contribution in [0, 0.1) is 6.92 Å². The molecule has 4 rings (SSSR count). The van der Waals surface area contributed by atoms with Crippen LogP contribution in [0.25, 0.3) is 10.9 Å². The number of aryl methyl sites for hydroxylation is 2. The number of hydrogen-bond acceptors (Lipinski definition) is 2. The van der Waals surface area contributed by atoms with Crippen molar-refractivity contribution in [1.82, 2.24) is 4.98 Å². The van der Waals surface area contributed by atoms with E-state index in [1.54, 1.807) is 0 Å². The summed E-state index contributed by atoms with van der Waals surface area (Å²) in [7, 11) is 0. The van der Waals surface area contributed by atoms with Crippen LogP contribution in [-0.4, -0.2) is 4.98 Å². The fourth-order valence-electron chi connectivity index (χ4n) is 3.39. The topological polar surface area (TPSA) is 24.9 Å². The van der Waals surface area contributed by atoms with E-state index in [1.807, 2.05) is 37.3 Å². The Morgan fingerprint density at radius 2 is 1.83 bits per heavy atom. The maximum absolute atomic E-state index is 6.44. The predicted molar refractivity (Wildman–Crippen MR) is 103 cm³/mol. The molecule has 0 bridgehead atoms. The monoisotopic (exact) mass is 356 g/mol. The van der Waals surface area contributed by atoms with Gasteiger partial charge in [0.05, 0.1) is 21.9 Å². The highest BCUT2D eigenvalue weighted by Crippen LogP contribution is 2.37. The second-order valence-corrected chi connectivity index (χ2v) is 7.23. The average molecular weight is 357 g/mol. The van der Waals surface area contributed by atoms with Gasteiger partial charge in [-0.1, -0.05) is 29.3 Å². The lowest BCUT2D eigenvalue weighted by Gasteiger charge is -2.22. The van der Waals surface area contributed by atoms with Crippen LogP contribution in [0.2, 0.25) is 10.0 Å². The summed E-state index contributed by atoms with van der Waals surface area (Å²) in [5, 5.41) is 6.07. The number of nitrogens with one attached hydrogen (secondary N) is 1. The van der Waals surface area contributed by atoms with E-state index >= 15 is 0 Å². The van der Waals surface area contributed by atoms with Crippen LogP contribution < -0.4 is 5.32 Å². The van der Waals surface area contributed by atoms with Gasteiger partial charge in [-0.3, -0.25) is 4.98 Å². The summed E-state index contributed by atoms with van der Waals surface area (Å²) in [5.74, 6) is 0. The Kier molecular flexibility index (Phi) is 4.11. The fourth-order valence-corrected chi connectivity index (χ4v) is 3.85. The molecule has 0 unspecified atom stereocenters. The normalized spacial score (nSPS) is 13.8. The maximum atomic E-state index is 6.44. The maximum Gasteiger partial charge on any atom is 0.0727 e. The summed E-state index contributed by atoms with van der Waals surface area (Å²) in [6.45, 7) is 2.04. The lowest BCUT2D eigenvalue weighted by Crippen LogP contribution is -2.09. The molecule has 4 heteroatoms. The first-order valence-electron chi connectivity index (χ1n) is 8.26. The summed E-state index contributed by atoms with van der Waals surface area (Å²) < 4.78 is 0. The number of pyridine rings is 1. The van der Waals surface area contributed by atoms with Crippen molar-refractivity contribution >= 4 is 45.5 Å². The van der Waals surface area contributed by atoms with Crippen molar-refractivity contribution in [3.05, 3.63) is 63.3 Å². The van der Waals surface area contributed by atoms with E-state index in [-0.39, 0.29) is 0 Å². The molecule has 0 saturated heterocycles. The van der Waals surface area contributed by atoms with Gasteiger partial charge in [0.25, 0.3) is 0 Å². The molecule has 0 spiro atoms. The summed E-state index contributed by atoms with van der Waals surface area (Å²) in [6, 6.07) is 12.0. The first-order chi connectivity index (χ1) is 11.6. The molecule has 122 valence electrons. The minimum atomic E-state index is 0.720. The van der Waals surface area contributed by atoms with Gasteiger partial charge in [-0.2, -0.15) is 0 Å². The van der Waals surface area contributed by atoms with Crippen LogP contribution >= 0.6 is 23.2 Å². The second-order valence-electron chi connectivity index (χ2n) is 6.39. The van der Waals surface area contributed by atoms with Crippen molar-refractivity contribution in [2.75, 3.05) is 5.32 Å². The highest BCUT2D eigenvalue weighted by Gasteiger charge is 2.19. The van der Waals surface area contributed by atoms with E-state index in [9.17, 15) is 0 Å². The number of rotatable bonds is 2. The average Bonchev–Trinajstić information content (AvgIpc) is 2.57. The molecule has 0 fully saturated rings. The minimum absolute atomic E-state index is 0.720. The molecule has 0 atom stereocenters. The molecule has 0 amide bonds. The zero-order valence-corrected chi connectivity index (χ0v) is 15.0. The lowest BCUT2D eigenvalue weighted by molar-refractivity contribution is 0.672. The van der Waals surface area contributed by atoms with Gasteiger partial charge in [0.2, 0.25) is 0 Å². The first-order valence-corrected chi connectivity index (χ1v) is 9.01. The molecule has 1 aromatic heterocycles. The third-order valence-electron chi connectivity index (χ3n) is 4.61. The van der Waals surface area contributed by atoms with Crippen molar-refractivity contribution in [3.8, 4) is 0 Å². The molecule has 0 aliphatic heterocycles. The van der Waals surface area contributed by atoms with Crippen molar-refractivity contribution in [2.45, 2.75) is 32.6 Å². The van der Waals surface area contributed by atoms with Crippen LogP contribution in [0.15, 0.2) is 36.4 Å². The Morgan fingerprint density at radius 1 is 1.00 bits per heavy atom. The quantitative estimate of drug-likeness (QED) is 0.568. The van der Waals surface area contributed by atoms with Crippen LogP contribution in [-0.2, 0) is 12.8 Å². The smallest absolute Gasteiger partial charge is 0.0727 e. The van der Waals surface area contributed by atoms with Crippen molar-refractivity contribution in [2.24, 2.45) is 0 Å². The molecule has 1 aliphatic rings. The highest BCUT2D eigenvalue weighted by molar-refractivity contribution is 6.33.